The summed E-state index contributed by atoms with van der Waals surface area (Å²) in [5.74, 6) is 0. The zero-order chi connectivity index (χ0) is 24.1. The van der Waals surface area contributed by atoms with Crippen LogP contribution in [0, 0.1) is 0 Å². The Morgan fingerprint density at radius 3 is 2.08 bits per heavy atom. The van der Waals surface area contributed by atoms with Crippen LogP contribution in [0.4, 0.5) is 0 Å². The SMILES string of the molecule is c1ccc2c(c1)oc1cc(-n3c4ccccc4c4c5sc6ccccc6c5c5ccccc5c43)ccc12. The van der Waals surface area contributed by atoms with E-state index in [1.807, 2.05) is 23.5 Å². The Labute approximate surface area is 215 Å². The van der Waals surface area contributed by atoms with E-state index in [9.17, 15) is 0 Å². The molecule has 0 N–H and O–H groups in total. The average molecular weight is 490 g/mol. The molecule has 2 nitrogen and oxygen atoms in total. The second kappa shape index (κ2) is 7.00. The molecule has 3 aromatic heterocycles. The van der Waals surface area contributed by atoms with Crippen LogP contribution in [0.1, 0.15) is 0 Å². The van der Waals surface area contributed by atoms with E-state index < -0.39 is 0 Å². The summed E-state index contributed by atoms with van der Waals surface area (Å²) < 4.78 is 11.4. The fourth-order valence-corrected chi connectivity index (χ4v) is 7.52. The number of hydrogen-bond donors (Lipinski definition) is 0. The van der Waals surface area contributed by atoms with Crippen molar-refractivity contribution in [2.24, 2.45) is 0 Å². The zero-order valence-corrected chi connectivity index (χ0v) is 20.5. The number of nitrogens with zero attached hydrogens (tertiary/aromatic N) is 1. The normalized spacial score (nSPS) is 12.3. The zero-order valence-electron chi connectivity index (χ0n) is 19.7. The lowest BCUT2D eigenvalue weighted by Crippen LogP contribution is -1.94. The number of furan rings is 1. The molecule has 0 bridgehead atoms. The molecule has 0 saturated heterocycles. The smallest absolute Gasteiger partial charge is 0.137 e. The van der Waals surface area contributed by atoms with E-state index in [1.54, 1.807) is 0 Å². The van der Waals surface area contributed by atoms with Gasteiger partial charge >= 0.3 is 0 Å². The summed E-state index contributed by atoms with van der Waals surface area (Å²) in [5, 5.41) is 10.2. The van der Waals surface area contributed by atoms with E-state index in [0.29, 0.717) is 0 Å². The number of thiophene rings is 1. The van der Waals surface area contributed by atoms with Crippen molar-refractivity contribution in [1.29, 1.82) is 0 Å². The largest absolute Gasteiger partial charge is 0.456 e. The van der Waals surface area contributed by atoms with Crippen molar-refractivity contribution >= 4 is 86.0 Å². The van der Waals surface area contributed by atoms with Crippen molar-refractivity contribution in [1.82, 2.24) is 4.57 Å². The molecule has 0 atom stereocenters. The van der Waals surface area contributed by atoms with E-state index in [0.717, 1.165) is 27.6 Å². The van der Waals surface area contributed by atoms with E-state index in [2.05, 4.69) is 108 Å². The maximum atomic E-state index is 6.30. The molecule has 0 saturated carbocycles. The number of rotatable bonds is 1. The summed E-state index contributed by atoms with van der Waals surface area (Å²) in [6.07, 6.45) is 0. The minimum absolute atomic E-state index is 0.914. The van der Waals surface area contributed by atoms with Crippen LogP contribution in [0.3, 0.4) is 0 Å². The molecule has 6 aromatic carbocycles. The Morgan fingerprint density at radius 2 is 1.19 bits per heavy atom. The lowest BCUT2D eigenvalue weighted by Gasteiger charge is -2.11. The number of aromatic nitrogens is 1. The van der Waals surface area contributed by atoms with Gasteiger partial charge in [0.25, 0.3) is 0 Å². The van der Waals surface area contributed by atoms with Gasteiger partial charge in [0.15, 0.2) is 0 Å². The van der Waals surface area contributed by atoms with Gasteiger partial charge in [-0.1, -0.05) is 78.9 Å². The first kappa shape index (κ1) is 19.6. The molecule has 37 heavy (non-hydrogen) atoms. The molecular formula is C34H19NOS. The van der Waals surface area contributed by atoms with E-state index in [-0.39, 0.29) is 0 Å². The highest BCUT2D eigenvalue weighted by Crippen LogP contribution is 2.48. The molecule has 0 amide bonds. The maximum Gasteiger partial charge on any atom is 0.137 e. The summed E-state index contributed by atoms with van der Waals surface area (Å²) in [6.45, 7) is 0. The fraction of sp³-hybridized carbons (Fsp3) is 0. The van der Waals surface area contributed by atoms with Crippen molar-refractivity contribution in [3.8, 4) is 5.69 Å². The number of para-hydroxylation sites is 2. The van der Waals surface area contributed by atoms with Crippen LogP contribution in [-0.4, -0.2) is 4.57 Å². The lowest BCUT2D eigenvalue weighted by molar-refractivity contribution is 0.668. The van der Waals surface area contributed by atoms with Crippen molar-refractivity contribution in [3.63, 3.8) is 0 Å². The Balaban J connectivity index is 1.52. The average Bonchev–Trinajstić information content (AvgIpc) is 3.62. The standard InChI is InChI=1S/C34H19NOS/c1-2-11-24-23(10-1)31-26-13-5-8-16-30(26)37-34(31)32-25-12-3-6-14-27(25)35(33(24)32)20-17-18-22-21-9-4-7-15-28(21)36-29(22)19-20/h1-19H. The molecule has 0 aliphatic rings. The molecule has 9 aromatic rings. The van der Waals surface area contributed by atoms with Gasteiger partial charge in [-0.25, -0.2) is 0 Å². The molecular weight excluding hydrogens is 470 g/mol. The van der Waals surface area contributed by atoms with Crippen molar-refractivity contribution < 1.29 is 4.42 Å². The first-order chi connectivity index (χ1) is 18.4. The molecule has 0 aliphatic carbocycles. The first-order valence-corrected chi connectivity index (χ1v) is 13.4. The molecule has 0 spiro atoms. The lowest BCUT2D eigenvalue weighted by atomic mass is 10.00. The molecule has 3 heterocycles. The third-order valence-electron chi connectivity index (χ3n) is 7.77. The predicted octanol–water partition coefficient (Wildman–Crippen LogP) is 10.2. The Bertz CT molecular complexity index is 2370. The summed E-state index contributed by atoms with van der Waals surface area (Å²) in [4.78, 5) is 0. The van der Waals surface area contributed by atoms with Crippen molar-refractivity contribution in [2.75, 3.05) is 0 Å². The van der Waals surface area contributed by atoms with Gasteiger partial charge in [0, 0.05) is 58.9 Å². The molecule has 0 fully saturated rings. The van der Waals surface area contributed by atoms with Crippen LogP contribution < -0.4 is 0 Å². The van der Waals surface area contributed by atoms with Gasteiger partial charge in [0.05, 0.1) is 11.0 Å². The predicted molar refractivity (Wildman–Crippen MR) is 158 cm³/mol. The molecule has 9 rings (SSSR count). The van der Waals surface area contributed by atoms with Crippen LogP contribution in [0.2, 0.25) is 0 Å². The van der Waals surface area contributed by atoms with E-state index in [4.69, 9.17) is 4.42 Å². The maximum absolute atomic E-state index is 6.30. The second-order valence-electron chi connectivity index (χ2n) is 9.70. The minimum Gasteiger partial charge on any atom is -0.456 e. The highest BCUT2D eigenvalue weighted by Gasteiger charge is 2.21. The summed E-state index contributed by atoms with van der Waals surface area (Å²) >= 11 is 1.90. The Kier molecular flexibility index (Phi) is 3.70. The number of fused-ring (bicyclic) bond motifs is 13. The number of hydrogen-bond acceptors (Lipinski definition) is 2. The first-order valence-electron chi connectivity index (χ1n) is 12.5. The van der Waals surface area contributed by atoms with Crippen molar-refractivity contribution in [3.05, 3.63) is 115 Å². The third kappa shape index (κ3) is 2.49. The van der Waals surface area contributed by atoms with Crippen LogP contribution >= 0.6 is 11.3 Å². The van der Waals surface area contributed by atoms with Crippen molar-refractivity contribution in [2.45, 2.75) is 0 Å². The topological polar surface area (TPSA) is 18.1 Å². The van der Waals surface area contributed by atoms with Gasteiger partial charge in [0.1, 0.15) is 11.2 Å². The van der Waals surface area contributed by atoms with Gasteiger partial charge in [0.2, 0.25) is 0 Å². The molecule has 172 valence electrons. The van der Waals surface area contributed by atoms with E-state index >= 15 is 0 Å². The summed E-state index contributed by atoms with van der Waals surface area (Å²) in [6, 6.07) is 41.4. The van der Waals surface area contributed by atoms with Gasteiger partial charge in [-0.2, -0.15) is 0 Å². The van der Waals surface area contributed by atoms with Gasteiger partial charge in [-0.15, -0.1) is 11.3 Å². The van der Waals surface area contributed by atoms with Crippen LogP contribution in [0.5, 0.6) is 0 Å². The summed E-state index contributed by atoms with van der Waals surface area (Å²) in [5.41, 5.74) is 5.42. The van der Waals surface area contributed by atoms with E-state index in [1.165, 1.54) is 52.8 Å². The minimum atomic E-state index is 0.914. The van der Waals surface area contributed by atoms with Gasteiger partial charge in [-0.05, 0) is 35.7 Å². The second-order valence-corrected chi connectivity index (χ2v) is 10.8. The highest BCUT2D eigenvalue weighted by molar-refractivity contribution is 7.27. The fourth-order valence-electron chi connectivity index (χ4n) is 6.24. The van der Waals surface area contributed by atoms with Crippen LogP contribution in [-0.2, 0) is 0 Å². The molecule has 0 unspecified atom stereocenters. The Morgan fingerprint density at radius 1 is 0.514 bits per heavy atom. The number of benzene rings is 6. The quantitative estimate of drug-likeness (QED) is 0.224. The molecule has 0 aliphatic heterocycles. The molecule has 3 heteroatoms. The van der Waals surface area contributed by atoms with Crippen LogP contribution in [0.25, 0.3) is 80.4 Å². The third-order valence-corrected chi connectivity index (χ3v) is 8.96. The molecule has 0 radical (unpaired) electrons. The Hall–Kier alpha value is -4.60. The van der Waals surface area contributed by atoms with Gasteiger partial charge < -0.3 is 8.98 Å². The van der Waals surface area contributed by atoms with Crippen LogP contribution in [0.15, 0.2) is 120 Å². The monoisotopic (exact) mass is 489 g/mol. The highest BCUT2D eigenvalue weighted by atomic mass is 32.1. The van der Waals surface area contributed by atoms with Gasteiger partial charge in [-0.3, -0.25) is 0 Å². The summed E-state index contributed by atoms with van der Waals surface area (Å²) in [7, 11) is 0.